The molecule has 1 aromatic rings. The summed E-state index contributed by atoms with van der Waals surface area (Å²) in [6.45, 7) is 4.14. The Kier molecular flexibility index (Phi) is 4.47. The van der Waals surface area contributed by atoms with Crippen LogP contribution in [0.25, 0.3) is 5.76 Å². The predicted octanol–water partition coefficient (Wildman–Crippen LogP) is 1.88. The molecule has 0 saturated heterocycles. The van der Waals surface area contributed by atoms with Crippen LogP contribution in [0.4, 0.5) is 0 Å². The second-order valence-corrected chi connectivity index (χ2v) is 6.75. The van der Waals surface area contributed by atoms with Crippen LogP contribution in [-0.2, 0) is 19.1 Å². The summed E-state index contributed by atoms with van der Waals surface area (Å²) in [5, 5.41) is 2.89. The molecule has 0 bridgehead atoms. The van der Waals surface area contributed by atoms with Gasteiger partial charge < -0.3 is 14.8 Å². The first kappa shape index (κ1) is 17.4. The molecule has 0 amide bonds. The van der Waals surface area contributed by atoms with Crippen LogP contribution in [0.15, 0.2) is 29.8 Å². The summed E-state index contributed by atoms with van der Waals surface area (Å²) in [7, 11) is 1.75. The first-order chi connectivity index (χ1) is 11.8. The molecule has 1 unspecified atom stereocenters. The Morgan fingerprint density at radius 3 is 2.60 bits per heavy atom. The molecular formula is C19H21NO5. The quantitative estimate of drug-likeness (QED) is 0.664. The van der Waals surface area contributed by atoms with Gasteiger partial charge in [-0.2, -0.15) is 0 Å². The number of carbonyl (C=O) groups excluding carboxylic acids is 3. The highest BCUT2D eigenvalue weighted by atomic mass is 16.6. The predicted molar refractivity (Wildman–Crippen MR) is 90.9 cm³/mol. The lowest BCUT2D eigenvalue weighted by Crippen LogP contribution is -2.47. The number of ketones is 2. The van der Waals surface area contributed by atoms with Crippen molar-refractivity contribution < 1.29 is 23.9 Å². The third kappa shape index (κ3) is 3.09. The zero-order chi connectivity index (χ0) is 18.2. The fourth-order valence-corrected chi connectivity index (χ4v) is 3.09. The Morgan fingerprint density at radius 1 is 1.24 bits per heavy atom. The number of fused-ring (bicyclic) bond motifs is 2. The number of hydrogen-bond acceptors (Lipinski definition) is 6. The normalized spacial score (nSPS) is 21.3. The lowest BCUT2D eigenvalue weighted by molar-refractivity contribution is -0.163. The van der Waals surface area contributed by atoms with E-state index < -0.39 is 23.3 Å². The third-order valence-electron chi connectivity index (χ3n) is 4.55. The molecule has 132 valence electrons. The average Bonchev–Trinajstić information content (AvgIpc) is 2.59. The van der Waals surface area contributed by atoms with Crippen LogP contribution >= 0.6 is 0 Å². The van der Waals surface area contributed by atoms with Crippen molar-refractivity contribution >= 4 is 23.3 Å². The largest absolute Gasteiger partial charge is 0.483 e. The third-order valence-corrected chi connectivity index (χ3v) is 4.55. The number of Topliss-reactive ketones (excluding diaryl/α,β-unsaturated/α-hetero) is 2. The zero-order valence-corrected chi connectivity index (χ0v) is 14.5. The Labute approximate surface area is 146 Å². The summed E-state index contributed by atoms with van der Waals surface area (Å²) >= 11 is 0. The highest BCUT2D eigenvalue weighted by molar-refractivity contribution is 6.52. The fraction of sp³-hybridized carbons (Fsp3) is 0.421. The molecule has 0 aromatic heterocycles. The van der Waals surface area contributed by atoms with Gasteiger partial charge in [0.2, 0.25) is 11.6 Å². The van der Waals surface area contributed by atoms with Crippen molar-refractivity contribution in [2.75, 3.05) is 13.6 Å². The molecule has 1 aliphatic carbocycles. The van der Waals surface area contributed by atoms with Crippen molar-refractivity contribution in [1.82, 2.24) is 5.32 Å². The molecule has 0 spiro atoms. The van der Waals surface area contributed by atoms with Crippen molar-refractivity contribution in [3.05, 3.63) is 41.0 Å². The van der Waals surface area contributed by atoms with Gasteiger partial charge in [0.05, 0.1) is 12.0 Å². The number of rotatable bonds is 4. The van der Waals surface area contributed by atoms with E-state index in [1.807, 2.05) is 13.8 Å². The Morgan fingerprint density at radius 2 is 1.92 bits per heavy atom. The molecule has 0 radical (unpaired) electrons. The average molecular weight is 343 g/mol. The molecule has 1 aliphatic heterocycles. The topological polar surface area (TPSA) is 81.7 Å². The molecule has 3 rings (SSSR count). The van der Waals surface area contributed by atoms with Gasteiger partial charge in [-0.25, -0.2) is 0 Å². The first-order valence-electron chi connectivity index (χ1n) is 8.30. The van der Waals surface area contributed by atoms with E-state index in [1.54, 1.807) is 31.3 Å². The number of ether oxygens (including phenoxy) is 2. The Balaban J connectivity index is 1.94. The van der Waals surface area contributed by atoms with E-state index in [4.69, 9.17) is 9.47 Å². The second kappa shape index (κ2) is 6.44. The Bertz CT molecular complexity index is 778. The van der Waals surface area contributed by atoms with Gasteiger partial charge in [0.15, 0.2) is 0 Å². The van der Waals surface area contributed by atoms with E-state index in [9.17, 15) is 14.4 Å². The summed E-state index contributed by atoms with van der Waals surface area (Å²) < 4.78 is 11.6. The first-order valence-corrected chi connectivity index (χ1v) is 8.30. The van der Waals surface area contributed by atoms with Crippen molar-refractivity contribution in [1.29, 1.82) is 0 Å². The molecule has 1 N–H and O–H groups in total. The second-order valence-electron chi connectivity index (χ2n) is 6.75. The maximum atomic E-state index is 12.5. The summed E-state index contributed by atoms with van der Waals surface area (Å²) in [4.78, 5) is 36.8. The van der Waals surface area contributed by atoms with E-state index in [0.29, 0.717) is 23.4 Å². The van der Waals surface area contributed by atoms with Crippen molar-refractivity contribution in [3.8, 4) is 0 Å². The minimum absolute atomic E-state index is 0.173. The van der Waals surface area contributed by atoms with E-state index in [2.05, 4.69) is 5.32 Å². The van der Waals surface area contributed by atoms with Crippen molar-refractivity contribution in [3.63, 3.8) is 0 Å². The van der Waals surface area contributed by atoms with Crippen LogP contribution in [0.5, 0.6) is 0 Å². The molecule has 0 saturated carbocycles. The molecule has 1 atom stereocenters. The van der Waals surface area contributed by atoms with Crippen LogP contribution in [0.3, 0.4) is 0 Å². The van der Waals surface area contributed by atoms with Gasteiger partial charge >= 0.3 is 5.97 Å². The SMILES string of the molecule is CNCCC(=O)OC1CC2=C(OC1(C)C)c1ccccc1C(=O)C2=O. The van der Waals surface area contributed by atoms with Gasteiger partial charge in [-0.1, -0.05) is 24.3 Å². The molecule has 1 heterocycles. The lowest BCUT2D eigenvalue weighted by Gasteiger charge is -2.41. The maximum Gasteiger partial charge on any atom is 0.307 e. The van der Waals surface area contributed by atoms with Crippen LogP contribution in [0, 0.1) is 0 Å². The minimum atomic E-state index is -0.804. The summed E-state index contributed by atoms with van der Waals surface area (Å²) in [6, 6.07) is 6.91. The minimum Gasteiger partial charge on any atom is -0.483 e. The highest BCUT2D eigenvalue weighted by Gasteiger charge is 2.46. The molecule has 6 heteroatoms. The van der Waals surface area contributed by atoms with E-state index in [-0.39, 0.29) is 24.4 Å². The van der Waals surface area contributed by atoms with Gasteiger partial charge in [-0.15, -0.1) is 0 Å². The number of nitrogens with one attached hydrogen (secondary N) is 1. The molecular weight excluding hydrogens is 322 g/mol. The number of benzene rings is 1. The van der Waals surface area contributed by atoms with Crippen molar-refractivity contribution in [2.24, 2.45) is 0 Å². The fourth-order valence-electron chi connectivity index (χ4n) is 3.09. The monoisotopic (exact) mass is 343 g/mol. The van der Waals surface area contributed by atoms with Crippen LogP contribution in [0.1, 0.15) is 42.6 Å². The molecule has 0 fully saturated rings. The van der Waals surface area contributed by atoms with Gasteiger partial charge in [-0.3, -0.25) is 14.4 Å². The van der Waals surface area contributed by atoms with E-state index >= 15 is 0 Å². The molecule has 2 aliphatic rings. The summed E-state index contributed by atoms with van der Waals surface area (Å²) in [5.74, 6) is -1.07. The van der Waals surface area contributed by atoms with E-state index in [1.165, 1.54) is 0 Å². The van der Waals surface area contributed by atoms with Crippen molar-refractivity contribution in [2.45, 2.75) is 38.4 Å². The van der Waals surface area contributed by atoms with Gasteiger partial charge in [-0.05, 0) is 20.9 Å². The molecule has 1 aromatic carbocycles. The Hall–Kier alpha value is -2.47. The smallest absolute Gasteiger partial charge is 0.307 e. The summed E-state index contributed by atoms with van der Waals surface area (Å²) in [5.41, 5.74) is 0.457. The van der Waals surface area contributed by atoms with Crippen LogP contribution < -0.4 is 5.32 Å². The maximum absolute atomic E-state index is 12.5. The zero-order valence-electron chi connectivity index (χ0n) is 14.5. The number of esters is 1. The standard InChI is InChI=1S/C19H21NO5/c1-19(2)14(24-15(21)8-9-20-3)10-13-17(23)16(22)11-6-4-5-7-12(11)18(13)25-19/h4-7,14,20H,8-10H2,1-3H3. The summed E-state index contributed by atoms with van der Waals surface area (Å²) in [6.07, 6.45) is -0.227. The lowest BCUT2D eigenvalue weighted by atomic mass is 9.81. The number of hydrogen-bond donors (Lipinski definition) is 1. The van der Waals surface area contributed by atoms with Gasteiger partial charge in [0, 0.05) is 24.1 Å². The molecule has 25 heavy (non-hydrogen) atoms. The van der Waals surface area contributed by atoms with Gasteiger partial charge in [0.25, 0.3) is 0 Å². The van der Waals surface area contributed by atoms with E-state index in [0.717, 1.165) is 0 Å². The van der Waals surface area contributed by atoms with Crippen LogP contribution in [-0.4, -0.2) is 42.8 Å². The number of carbonyl (C=O) groups is 3. The highest BCUT2D eigenvalue weighted by Crippen LogP contribution is 2.42. The van der Waals surface area contributed by atoms with Crippen LogP contribution in [0.2, 0.25) is 0 Å². The van der Waals surface area contributed by atoms with Gasteiger partial charge in [0.1, 0.15) is 17.5 Å². The molecule has 6 nitrogen and oxygen atoms in total.